The van der Waals surface area contributed by atoms with E-state index in [4.69, 9.17) is 16.3 Å². The molecule has 0 radical (unpaired) electrons. The third-order valence-corrected chi connectivity index (χ3v) is 3.31. The van der Waals surface area contributed by atoms with Crippen LogP contribution in [0.15, 0.2) is 18.2 Å². The Kier molecular flexibility index (Phi) is 6.22. The Morgan fingerprint density at radius 1 is 1.25 bits per heavy atom. The van der Waals surface area contributed by atoms with E-state index in [-0.39, 0.29) is 17.1 Å². The van der Waals surface area contributed by atoms with E-state index in [1.165, 1.54) is 30.1 Å². The van der Waals surface area contributed by atoms with Gasteiger partial charge in [0.2, 0.25) is 0 Å². The lowest BCUT2D eigenvalue weighted by molar-refractivity contribution is 0.0441. The van der Waals surface area contributed by atoms with Crippen molar-refractivity contribution in [1.82, 2.24) is 10.2 Å². The standard InChI is InChI=1S/C17H24ClFN2O3/c1-16(2,3)24-15(23)20-17(4,5)10-21(6)14(22)13-11(18)8-7-9-12(13)19/h7-9H,10H2,1-6H3,(H,20,23). The van der Waals surface area contributed by atoms with Crippen LogP contribution in [0.3, 0.4) is 0 Å². The molecular formula is C17H24ClFN2O3. The molecule has 1 aromatic rings. The number of nitrogens with zero attached hydrogens (tertiary/aromatic N) is 1. The lowest BCUT2D eigenvalue weighted by Crippen LogP contribution is -2.53. The molecule has 1 rings (SSSR count). The van der Waals surface area contributed by atoms with Crippen molar-refractivity contribution in [3.63, 3.8) is 0 Å². The molecule has 0 unspecified atom stereocenters. The van der Waals surface area contributed by atoms with Crippen molar-refractivity contribution in [2.24, 2.45) is 0 Å². The van der Waals surface area contributed by atoms with Crippen LogP contribution < -0.4 is 5.32 Å². The molecule has 0 aliphatic rings. The topological polar surface area (TPSA) is 58.6 Å². The van der Waals surface area contributed by atoms with Crippen LogP contribution in [0, 0.1) is 5.82 Å². The highest BCUT2D eigenvalue weighted by Crippen LogP contribution is 2.21. The van der Waals surface area contributed by atoms with Crippen LogP contribution in [-0.4, -0.2) is 41.6 Å². The number of nitrogens with one attached hydrogen (secondary N) is 1. The number of amides is 2. The minimum atomic E-state index is -0.773. The van der Waals surface area contributed by atoms with E-state index in [2.05, 4.69) is 5.32 Å². The predicted octanol–water partition coefficient (Wildman–Crippen LogP) is 3.85. The number of hydrogen-bond donors (Lipinski definition) is 1. The number of hydrogen-bond acceptors (Lipinski definition) is 3. The molecule has 0 aromatic heterocycles. The smallest absolute Gasteiger partial charge is 0.408 e. The van der Waals surface area contributed by atoms with E-state index in [1.54, 1.807) is 34.6 Å². The van der Waals surface area contributed by atoms with Gasteiger partial charge in [0.15, 0.2) is 0 Å². The first-order valence-corrected chi connectivity index (χ1v) is 7.91. The Bertz CT molecular complexity index is 607. The van der Waals surface area contributed by atoms with E-state index in [1.807, 2.05) is 0 Å². The zero-order valence-corrected chi connectivity index (χ0v) is 15.6. The van der Waals surface area contributed by atoms with Gasteiger partial charge >= 0.3 is 6.09 Å². The Hall–Kier alpha value is -1.82. The highest BCUT2D eigenvalue weighted by Gasteiger charge is 2.29. The normalized spacial score (nSPS) is 11.8. The Balaban J connectivity index is 2.80. The van der Waals surface area contributed by atoms with E-state index >= 15 is 0 Å². The highest BCUT2D eigenvalue weighted by molar-refractivity contribution is 6.33. The molecule has 0 fully saturated rings. The number of benzene rings is 1. The van der Waals surface area contributed by atoms with Gasteiger partial charge in [-0.05, 0) is 46.8 Å². The van der Waals surface area contributed by atoms with Gasteiger partial charge in [0.05, 0.1) is 16.1 Å². The summed E-state index contributed by atoms with van der Waals surface area (Å²) in [6.07, 6.45) is -0.586. The second-order valence-electron chi connectivity index (χ2n) is 7.27. The number of carbonyl (C=O) groups excluding carboxylic acids is 2. The van der Waals surface area contributed by atoms with Crippen LogP contribution in [0.1, 0.15) is 45.0 Å². The molecule has 1 aromatic carbocycles. The molecular weight excluding hydrogens is 335 g/mol. The van der Waals surface area contributed by atoms with E-state index in [0.717, 1.165) is 0 Å². The van der Waals surface area contributed by atoms with Crippen molar-refractivity contribution in [3.05, 3.63) is 34.6 Å². The number of rotatable bonds is 4. The lowest BCUT2D eigenvalue weighted by atomic mass is 10.0. The largest absolute Gasteiger partial charge is 0.444 e. The molecule has 0 aliphatic carbocycles. The van der Waals surface area contributed by atoms with Gasteiger partial charge in [-0.2, -0.15) is 0 Å². The fraction of sp³-hybridized carbons (Fsp3) is 0.529. The van der Waals surface area contributed by atoms with E-state index in [0.29, 0.717) is 0 Å². The van der Waals surface area contributed by atoms with Gasteiger partial charge in [0, 0.05) is 13.6 Å². The van der Waals surface area contributed by atoms with Crippen LogP contribution in [0.2, 0.25) is 5.02 Å². The second kappa shape index (κ2) is 7.38. The van der Waals surface area contributed by atoms with Gasteiger partial charge in [0.25, 0.3) is 5.91 Å². The molecule has 0 bridgehead atoms. The molecule has 0 aliphatic heterocycles. The Labute approximate surface area is 147 Å². The zero-order valence-electron chi connectivity index (χ0n) is 14.9. The van der Waals surface area contributed by atoms with Crippen LogP contribution in [0.5, 0.6) is 0 Å². The minimum Gasteiger partial charge on any atom is -0.444 e. The fourth-order valence-electron chi connectivity index (χ4n) is 2.18. The summed E-state index contributed by atoms with van der Waals surface area (Å²) in [4.78, 5) is 25.6. The second-order valence-corrected chi connectivity index (χ2v) is 7.68. The number of carbonyl (C=O) groups is 2. The van der Waals surface area contributed by atoms with Gasteiger partial charge < -0.3 is 15.0 Å². The molecule has 0 atom stereocenters. The molecule has 0 spiro atoms. The lowest BCUT2D eigenvalue weighted by Gasteiger charge is -2.32. The zero-order chi connectivity index (χ0) is 18.7. The van der Waals surface area contributed by atoms with E-state index in [9.17, 15) is 14.0 Å². The van der Waals surface area contributed by atoms with Crippen LogP contribution in [0.4, 0.5) is 9.18 Å². The van der Waals surface area contributed by atoms with Crippen LogP contribution in [0.25, 0.3) is 0 Å². The van der Waals surface area contributed by atoms with Crippen molar-refractivity contribution < 1.29 is 18.7 Å². The SMILES string of the molecule is CN(CC(C)(C)NC(=O)OC(C)(C)C)C(=O)c1c(F)cccc1Cl. The molecule has 2 amide bonds. The van der Waals surface area contributed by atoms with Crippen molar-refractivity contribution in [2.75, 3.05) is 13.6 Å². The summed E-state index contributed by atoms with van der Waals surface area (Å²) in [6, 6.07) is 4.06. The minimum absolute atomic E-state index is 0.0461. The summed E-state index contributed by atoms with van der Waals surface area (Å²) in [7, 11) is 1.52. The first kappa shape index (κ1) is 20.2. The summed E-state index contributed by atoms with van der Waals surface area (Å²) in [5.74, 6) is -1.24. The predicted molar refractivity (Wildman–Crippen MR) is 91.8 cm³/mol. The number of halogens is 2. The summed E-state index contributed by atoms with van der Waals surface area (Å²) in [5.41, 5.74) is -1.58. The van der Waals surface area contributed by atoms with Crippen molar-refractivity contribution in [3.8, 4) is 0 Å². The third kappa shape index (κ3) is 6.00. The molecule has 1 N–H and O–H groups in total. The van der Waals surface area contributed by atoms with Crippen LogP contribution >= 0.6 is 11.6 Å². The van der Waals surface area contributed by atoms with E-state index < -0.39 is 29.0 Å². The average Bonchev–Trinajstić information content (AvgIpc) is 2.34. The molecule has 5 nitrogen and oxygen atoms in total. The third-order valence-electron chi connectivity index (χ3n) is 3.00. The quantitative estimate of drug-likeness (QED) is 0.889. The monoisotopic (exact) mass is 358 g/mol. The van der Waals surface area contributed by atoms with Gasteiger partial charge in [-0.1, -0.05) is 17.7 Å². The molecule has 24 heavy (non-hydrogen) atoms. The molecule has 7 heteroatoms. The van der Waals surface area contributed by atoms with Crippen LogP contribution in [-0.2, 0) is 4.74 Å². The first-order valence-electron chi connectivity index (χ1n) is 7.53. The maximum atomic E-state index is 13.9. The maximum Gasteiger partial charge on any atom is 0.408 e. The maximum absolute atomic E-state index is 13.9. The first-order chi connectivity index (χ1) is 10.8. The average molecular weight is 359 g/mol. The van der Waals surface area contributed by atoms with Crippen molar-refractivity contribution >= 4 is 23.6 Å². The summed E-state index contributed by atoms with van der Waals surface area (Å²) in [6.45, 7) is 8.91. The van der Waals surface area contributed by atoms with Gasteiger partial charge in [-0.3, -0.25) is 4.79 Å². The molecule has 0 saturated carbocycles. The highest BCUT2D eigenvalue weighted by atomic mass is 35.5. The molecule has 0 heterocycles. The van der Waals surface area contributed by atoms with Crippen molar-refractivity contribution in [2.45, 2.75) is 45.8 Å². The number of ether oxygens (including phenoxy) is 1. The number of likely N-dealkylation sites (N-methyl/N-ethyl adjacent to an activating group) is 1. The molecule has 134 valence electrons. The summed E-state index contributed by atoms with van der Waals surface area (Å²) < 4.78 is 19.1. The summed E-state index contributed by atoms with van der Waals surface area (Å²) in [5, 5.41) is 2.74. The molecule has 0 saturated heterocycles. The summed E-state index contributed by atoms with van der Waals surface area (Å²) >= 11 is 5.92. The Morgan fingerprint density at radius 2 is 1.83 bits per heavy atom. The van der Waals surface area contributed by atoms with Crippen molar-refractivity contribution in [1.29, 1.82) is 0 Å². The fourth-order valence-corrected chi connectivity index (χ4v) is 2.42. The Morgan fingerprint density at radius 3 is 2.33 bits per heavy atom. The number of alkyl carbamates (subject to hydrolysis) is 1. The van der Waals surface area contributed by atoms with Gasteiger partial charge in [0.1, 0.15) is 11.4 Å². The van der Waals surface area contributed by atoms with Gasteiger partial charge in [-0.25, -0.2) is 9.18 Å². The van der Waals surface area contributed by atoms with Gasteiger partial charge in [-0.15, -0.1) is 0 Å².